The van der Waals surface area contributed by atoms with E-state index >= 15 is 0 Å². The number of aromatic nitrogens is 8. The molecule has 0 aromatic carbocycles. The molecule has 0 saturated heterocycles. The Hall–Kier alpha value is -4.24. The second kappa shape index (κ2) is 18.6. The van der Waals surface area contributed by atoms with Gasteiger partial charge in [0.2, 0.25) is 0 Å². The van der Waals surface area contributed by atoms with Crippen LogP contribution in [0.25, 0.3) is 57.0 Å². The van der Waals surface area contributed by atoms with Crippen molar-refractivity contribution >= 4 is 99.4 Å². The zero-order chi connectivity index (χ0) is 41.0. The average molecular weight is 912 g/mol. The normalized spacial score (nSPS) is 15.2. The molecule has 3 aromatic heterocycles. The number of hydrogen-bond acceptors (Lipinski definition) is 16. The van der Waals surface area contributed by atoms with Crippen LogP contribution in [0.3, 0.4) is 0 Å². The fourth-order valence-corrected chi connectivity index (χ4v) is 5.82. The van der Waals surface area contributed by atoms with Crippen LogP contribution >= 0.6 is 12.0 Å². The van der Waals surface area contributed by atoms with Gasteiger partial charge in [-0.1, -0.05) is 53.6 Å². The van der Waals surface area contributed by atoms with Crippen LogP contribution in [-0.4, -0.2) is 99.1 Å². The van der Waals surface area contributed by atoms with Crippen LogP contribution in [0.1, 0.15) is 58.4 Å². The van der Waals surface area contributed by atoms with Crippen molar-refractivity contribution in [2.75, 3.05) is 25.0 Å². The second-order valence-corrected chi connectivity index (χ2v) is 16.9. The molecular weight excluding hydrogens is 880 g/mol. The molecule has 20 nitrogen and oxygen atoms in total. The first-order valence-electron chi connectivity index (χ1n) is 15.8. The standard InChI is InChI=1S/C28H16N8.4CH4O3S.Cu/c1-5-13-14(6-1)22-29-21(13)33-23-15-7-2-9-17(15)25(30-23)35-27-19-11-4-12-20(19)28(32-27)36-26-18-10-3-8-16(18)24(31-26)34-22;3*1-5(2,3)4;1-5-4-3-2;/h1-5,7-8,11H,6,9-10,12H2;3*1H3,(H,2,3,4);2H,1H3;/q-2;;;;;+2. The Kier molecular flexibility index (Phi) is 14.8. The Morgan fingerprint density at radius 2 is 0.895 bits per heavy atom. The van der Waals surface area contributed by atoms with Crippen molar-refractivity contribution < 1.29 is 70.6 Å². The van der Waals surface area contributed by atoms with Gasteiger partial charge < -0.3 is 29.9 Å². The minimum absolute atomic E-state index is 0. The van der Waals surface area contributed by atoms with Gasteiger partial charge >= 0.3 is 17.1 Å². The Bertz CT molecular complexity index is 2680. The molecule has 0 amide bonds. The Labute approximate surface area is 340 Å². The summed E-state index contributed by atoms with van der Waals surface area (Å²) in [6, 6.07) is 0. The van der Waals surface area contributed by atoms with E-state index in [2.05, 4.69) is 58.0 Å². The predicted octanol–water partition coefficient (Wildman–Crippen LogP) is 3.23. The van der Waals surface area contributed by atoms with Crippen molar-refractivity contribution in [2.45, 2.75) is 25.7 Å². The average Bonchev–Trinajstić information content (AvgIpc) is 3.90. The summed E-state index contributed by atoms with van der Waals surface area (Å²) in [5.74, 6) is 2.62. The molecule has 3 aromatic rings. The molecular formula is C32H32CuN8O12S4. The van der Waals surface area contributed by atoms with E-state index in [0.29, 0.717) is 64.7 Å². The maximum Gasteiger partial charge on any atom is 2.00 e. The van der Waals surface area contributed by atoms with E-state index < -0.39 is 30.4 Å². The van der Waals surface area contributed by atoms with Crippen LogP contribution in [0, 0.1) is 0 Å². The third-order valence-corrected chi connectivity index (χ3v) is 7.76. The monoisotopic (exact) mass is 911 g/mol. The number of allylic oxidation sites excluding steroid dienone is 10. The molecule has 1 radical (unpaired) electrons. The minimum Gasteiger partial charge on any atom is -0.357 e. The van der Waals surface area contributed by atoms with E-state index in [-0.39, 0.29) is 17.1 Å². The van der Waals surface area contributed by atoms with E-state index in [1.165, 1.54) is 0 Å². The second-order valence-electron chi connectivity index (χ2n) is 12.0. The fraction of sp³-hybridized carbons (Fsp3) is 0.250. The third-order valence-electron chi connectivity index (χ3n) is 7.56. The van der Waals surface area contributed by atoms with Gasteiger partial charge in [-0.2, -0.15) is 25.3 Å². The molecule has 9 rings (SSSR count). The van der Waals surface area contributed by atoms with E-state index in [4.69, 9.17) is 58.8 Å². The maximum absolute atomic E-state index is 9.19. The summed E-state index contributed by atoms with van der Waals surface area (Å²) in [5, 5.41) is 10.5. The van der Waals surface area contributed by atoms with E-state index in [1.54, 1.807) is 6.26 Å². The van der Waals surface area contributed by atoms with Gasteiger partial charge in [0.05, 0.1) is 42.1 Å². The van der Waals surface area contributed by atoms with Gasteiger partial charge in [0.1, 0.15) is 0 Å². The zero-order valence-electron chi connectivity index (χ0n) is 30.0. The molecule has 0 spiro atoms. The smallest absolute Gasteiger partial charge is 0.357 e. The Morgan fingerprint density at radius 3 is 1.25 bits per heavy atom. The van der Waals surface area contributed by atoms with E-state index in [1.807, 2.05) is 0 Å². The van der Waals surface area contributed by atoms with Crippen molar-refractivity contribution in [3.63, 3.8) is 0 Å². The molecule has 0 saturated carbocycles. The molecule has 307 valence electrons. The summed E-state index contributed by atoms with van der Waals surface area (Å²) in [5.41, 5.74) is 10.9. The molecule has 0 atom stereocenters. The van der Waals surface area contributed by atoms with Crippen molar-refractivity contribution in [3.05, 3.63) is 82.0 Å². The maximum atomic E-state index is 9.19. The number of fused-ring (bicyclic) bond motifs is 18. The Morgan fingerprint density at radius 1 is 0.561 bits per heavy atom. The summed E-state index contributed by atoms with van der Waals surface area (Å²) in [4.78, 5) is 39.2. The van der Waals surface area contributed by atoms with Crippen molar-refractivity contribution in [2.24, 2.45) is 0 Å². The van der Waals surface area contributed by atoms with Gasteiger partial charge in [0.15, 0.2) is 0 Å². The molecule has 6 aliphatic rings. The largest absolute Gasteiger partial charge is 2.00 e. The van der Waals surface area contributed by atoms with Gasteiger partial charge in [-0.15, -0.1) is 4.33 Å². The van der Waals surface area contributed by atoms with Crippen molar-refractivity contribution in [1.29, 1.82) is 0 Å². The number of hydrogen-bond donors (Lipinski definition) is 4. The van der Waals surface area contributed by atoms with Gasteiger partial charge in [-0.05, 0) is 59.1 Å². The minimum atomic E-state index is -3.67. The molecule has 25 heteroatoms. The predicted molar refractivity (Wildman–Crippen MR) is 207 cm³/mol. The van der Waals surface area contributed by atoms with Crippen LogP contribution in [-0.2, 0) is 69.6 Å². The first kappa shape index (κ1) is 45.5. The van der Waals surface area contributed by atoms with Crippen LogP contribution in [0.5, 0.6) is 0 Å². The SMILES string of the molecule is C1=CC2=C(C1)c1nc2nc2[n-]c(nc3nc(nc4[n-]c(n1)c1c4CC=C1)C1=C3C=CC1)c1c2C=CC1.CS(=O)(=O)O.CS(=O)(=O)O.CS(=O)(=O)O.CSOOO.[Cu+2]. The van der Waals surface area contributed by atoms with Gasteiger partial charge in [0.25, 0.3) is 30.4 Å². The van der Waals surface area contributed by atoms with Crippen LogP contribution in [0.4, 0.5) is 0 Å². The first-order chi connectivity index (χ1) is 26.2. The number of rotatable bonds is 2. The van der Waals surface area contributed by atoms with Crippen LogP contribution in [0.15, 0.2) is 36.5 Å². The van der Waals surface area contributed by atoms with Crippen molar-refractivity contribution in [3.8, 4) is 0 Å². The molecule has 2 aliphatic heterocycles. The van der Waals surface area contributed by atoms with Crippen LogP contribution in [0.2, 0.25) is 0 Å². The molecule has 4 aliphatic carbocycles. The zero-order valence-corrected chi connectivity index (χ0v) is 34.2. The molecule has 5 heterocycles. The summed E-state index contributed by atoms with van der Waals surface area (Å²) in [7, 11) is -11.0. The van der Waals surface area contributed by atoms with Crippen molar-refractivity contribution in [1.82, 2.24) is 39.9 Å². The molecule has 0 fully saturated rings. The first-order valence-corrected chi connectivity index (χ1v) is 22.5. The molecule has 0 unspecified atom stereocenters. The van der Waals surface area contributed by atoms with Gasteiger partial charge in [0, 0.05) is 52.0 Å². The third kappa shape index (κ3) is 12.4. The summed E-state index contributed by atoms with van der Waals surface area (Å²) >= 11 is 0.929. The summed E-state index contributed by atoms with van der Waals surface area (Å²) in [6.45, 7) is 0. The van der Waals surface area contributed by atoms with Gasteiger partial charge in [-0.3, -0.25) is 13.7 Å². The summed E-state index contributed by atoms with van der Waals surface area (Å²) < 4.78 is 81.4. The quantitative estimate of drug-likeness (QED) is 0.0943. The molecule has 8 bridgehead atoms. The molecule has 57 heavy (non-hydrogen) atoms. The summed E-state index contributed by atoms with van der Waals surface area (Å²) in [6.07, 6.45) is 23.7. The number of nitrogens with zero attached hydrogens (tertiary/aromatic N) is 8. The van der Waals surface area contributed by atoms with E-state index in [0.717, 1.165) is 82.3 Å². The Balaban J connectivity index is 0.000000288. The fourth-order valence-electron chi connectivity index (χ4n) is 5.76. The van der Waals surface area contributed by atoms with E-state index in [9.17, 15) is 25.3 Å². The van der Waals surface area contributed by atoms with Gasteiger partial charge in [-0.25, -0.2) is 15.2 Å². The topological polar surface area (TPSA) is 307 Å². The molecule has 4 N–H and O–H groups in total. The van der Waals surface area contributed by atoms with Crippen LogP contribution < -0.4 is 9.97 Å².